The highest BCUT2D eigenvalue weighted by Crippen LogP contribution is 2.48. The van der Waals surface area contributed by atoms with Gasteiger partial charge in [-0.05, 0) is 18.9 Å². The average Bonchev–Trinajstić information content (AvgIpc) is 3.15. The summed E-state index contributed by atoms with van der Waals surface area (Å²) in [4.78, 5) is 33.2. The number of benzene rings is 1. The number of fused-ring (bicyclic) bond motifs is 4. The molecule has 1 saturated carbocycles. The number of nitrogens with zero attached hydrogens (tertiary/aromatic N) is 3. The van der Waals surface area contributed by atoms with Crippen LogP contribution in [0.15, 0.2) is 10.5 Å². The number of hydrogen-bond donors (Lipinski definition) is 2. The number of piperazine rings is 1. The van der Waals surface area contributed by atoms with Crippen molar-refractivity contribution in [3.05, 3.63) is 22.5 Å². The van der Waals surface area contributed by atoms with E-state index in [4.69, 9.17) is 21.0 Å². The van der Waals surface area contributed by atoms with Gasteiger partial charge in [-0.3, -0.25) is 9.69 Å². The minimum atomic E-state index is -0.456. The fraction of sp³-hybridized carbons (Fsp3) is 0.591. The predicted octanol–water partition coefficient (Wildman–Crippen LogP) is 3.83. The smallest absolute Gasteiger partial charge is 0.319 e. The van der Waals surface area contributed by atoms with Crippen LogP contribution in [0.4, 0.5) is 10.5 Å². The fourth-order valence-electron chi connectivity index (χ4n) is 5.25. The normalized spacial score (nSPS) is 21.1. The van der Waals surface area contributed by atoms with Gasteiger partial charge in [0.2, 0.25) is 11.8 Å². The van der Waals surface area contributed by atoms with Crippen LogP contribution in [-0.2, 0) is 16.9 Å². The van der Waals surface area contributed by atoms with Crippen LogP contribution < -0.4 is 10.6 Å². The molecule has 3 aliphatic rings. The lowest BCUT2D eigenvalue weighted by atomic mass is 9.74. The number of hydrogen-bond acceptors (Lipinski definition) is 5. The van der Waals surface area contributed by atoms with Crippen molar-refractivity contribution in [1.29, 1.82) is 0 Å². The third kappa shape index (κ3) is 3.65. The topological polar surface area (TPSA) is 90.7 Å². The third-order valence-electron chi connectivity index (χ3n) is 6.84. The standard InChI is InChI=1S/C22H28ClN5O3/c1-2-17(29)28-10-8-27(9-11-28)13-16-24-15-12-14(23)19-18(20(15)31-16)22(26-21(30)25-19)6-4-3-5-7-22/h12H,2-11,13H2,1H3,(H2,25,26,30). The van der Waals surface area contributed by atoms with E-state index in [-0.39, 0.29) is 11.9 Å². The van der Waals surface area contributed by atoms with E-state index in [9.17, 15) is 9.59 Å². The van der Waals surface area contributed by atoms with Gasteiger partial charge < -0.3 is 20.0 Å². The zero-order chi connectivity index (χ0) is 21.6. The van der Waals surface area contributed by atoms with E-state index in [1.807, 2.05) is 11.8 Å². The number of aromatic nitrogens is 1. The first-order chi connectivity index (χ1) is 15.0. The first-order valence-corrected chi connectivity index (χ1v) is 11.6. The van der Waals surface area contributed by atoms with Gasteiger partial charge in [0.05, 0.1) is 22.8 Å². The van der Waals surface area contributed by atoms with Crippen molar-refractivity contribution in [2.24, 2.45) is 0 Å². The van der Waals surface area contributed by atoms with Gasteiger partial charge in [0, 0.05) is 38.2 Å². The molecule has 1 aromatic carbocycles. The van der Waals surface area contributed by atoms with E-state index >= 15 is 0 Å². The maximum absolute atomic E-state index is 12.4. The number of rotatable bonds is 3. The van der Waals surface area contributed by atoms with Gasteiger partial charge in [-0.1, -0.05) is 37.8 Å². The molecule has 0 unspecified atom stereocenters. The van der Waals surface area contributed by atoms with Crippen molar-refractivity contribution in [1.82, 2.24) is 20.1 Å². The lowest BCUT2D eigenvalue weighted by Crippen LogP contribution is -2.52. The van der Waals surface area contributed by atoms with E-state index < -0.39 is 5.54 Å². The van der Waals surface area contributed by atoms with Crippen LogP contribution in [0.2, 0.25) is 5.02 Å². The fourth-order valence-corrected chi connectivity index (χ4v) is 5.50. The van der Waals surface area contributed by atoms with Crippen LogP contribution in [0, 0.1) is 0 Å². The van der Waals surface area contributed by atoms with Gasteiger partial charge in [-0.15, -0.1) is 0 Å². The summed E-state index contributed by atoms with van der Waals surface area (Å²) in [5.74, 6) is 0.840. The zero-order valence-corrected chi connectivity index (χ0v) is 18.6. The van der Waals surface area contributed by atoms with Gasteiger partial charge in [0.25, 0.3) is 0 Å². The van der Waals surface area contributed by atoms with E-state index in [1.165, 1.54) is 0 Å². The SMILES string of the molecule is CCC(=O)N1CCN(Cc2nc3cc(Cl)c4c(c3o2)C2(CCCCC2)NC(=O)N4)CC1. The van der Waals surface area contributed by atoms with Crippen molar-refractivity contribution in [3.8, 4) is 0 Å². The summed E-state index contributed by atoms with van der Waals surface area (Å²) in [6, 6.07) is 1.57. The van der Waals surface area contributed by atoms with E-state index in [0.717, 1.165) is 69.4 Å². The number of oxazole rings is 1. The van der Waals surface area contributed by atoms with Crippen LogP contribution >= 0.6 is 11.6 Å². The van der Waals surface area contributed by atoms with E-state index in [0.29, 0.717) is 35.1 Å². The molecule has 1 saturated heterocycles. The number of anilines is 1. The van der Waals surface area contributed by atoms with Gasteiger partial charge in [0.1, 0.15) is 5.52 Å². The van der Waals surface area contributed by atoms with E-state index in [2.05, 4.69) is 15.5 Å². The van der Waals surface area contributed by atoms with Crippen molar-refractivity contribution >= 4 is 40.3 Å². The van der Waals surface area contributed by atoms with Gasteiger partial charge in [0.15, 0.2) is 5.58 Å². The Morgan fingerprint density at radius 1 is 1.23 bits per heavy atom. The van der Waals surface area contributed by atoms with Crippen LogP contribution in [0.5, 0.6) is 0 Å². The molecule has 5 rings (SSSR count). The number of carbonyl (C=O) groups excluding carboxylic acids is 2. The summed E-state index contributed by atoms with van der Waals surface area (Å²) in [6.45, 7) is 5.54. The molecule has 2 fully saturated rings. The Morgan fingerprint density at radius 3 is 2.68 bits per heavy atom. The maximum atomic E-state index is 12.4. The molecule has 166 valence electrons. The van der Waals surface area contributed by atoms with Crippen molar-refractivity contribution < 1.29 is 14.0 Å². The van der Waals surface area contributed by atoms with Gasteiger partial charge in [-0.25, -0.2) is 9.78 Å². The molecule has 0 bridgehead atoms. The van der Waals surface area contributed by atoms with Gasteiger partial charge >= 0.3 is 6.03 Å². The van der Waals surface area contributed by atoms with Crippen molar-refractivity contribution in [3.63, 3.8) is 0 Å². The van der Waals surface area contributed by atoms with Crippen LogP contribution in [0.25, 0.3) is 11.1 Å². The Hall–Kier alpha value is -2.32. The summed E-state index contributed by atoms with van der Waals surface area (Å²) in [5, 5.41) is 6.55. The van der Waals surface area contributed by atoms with E-state index in [1.54, 1.807) is 6.07 Å². The molecule has 2 aliphatic heterocycles. The van der Waals surface area contributed by atoms with Crippen molar-refractivity contribution in [2.45, 2.75) is 57.5 Å². The molecule has 1 spiro atoms. The summed E-state index contributed by atoms with van der Waals surface area (Å²) >= 11 is 6.58. The molecule has 2 N–H and O–H groups in total. The highest BCUT2D eigenvalue weighted by atomic mass is 35.5. The summed E-state index contributed by atoms with van der Waals surface area (Å²) in [5.41, 5.74) is 2.56. The molecule has 0 radical (unpaired) electrons. The molecule has 3 heterocycles. The first kappa shape index (κ1) is 20.6. The predicted molar refractivity (Wildman–Crippen MR) is 118 cm³/mol. The molecule has 9 heteroatoms. The molecule has 1 aromatic heterocycles. The van der Waals surface area contributed by atoms with Crippen molar-refractivity contribution in [2.75, 3.05) is 31.5 Å². The second kappa shape index (κ2) is 7.98. The number of halogens is 1. The highest BCUT2D eigenvalue weighted by molar-refractivity contribution is 6.35. The Labute approximate surface area is 186 Å². The Morgan fingerprint density at radius 2 is 1.97 bits per heavy atom. The Balaban J connectivity index is 1.45. The zero-order valence-electron chi connectivity index (χ0n) is 17.8. The number of urea groups is 1. The number of nitrogens with one attached hydrogen (secondary N) is 2. The second-order valence-corrected chi connectivity index (χ2v) is 9.20. The molecule has 3 amide bonds. The van der Waals surface area contributed by atoms with Crippen LogP contribution in [-0.4, -0.2) is 52.9 Å². The molecule has 2 aromatic rings. The lowest BCUT2D eigenvalue weighted by molar-refractivity contribution is -0.132. The number of amides is 3. The van der Waals surface area contributed by atoms with Crippen LogP contribution in [0.3, 0.4) is 0 Å². The average molecular weight is 446 g/mol. The molecule has 31 heavy (non-hydrogen) atoms. The van der Waals surface area contributed by atoms with Gasteiger partial charge in [-0.2, -0.15) is 0 Å². The maximum Gasteiger partial charge on any atom is 0.319 e. The minimum absolute atomic E-state index is 0.204. The second-order valence-electron chi connectivity index (χ2n) is 8.80. The molecule has 8 nitrogen and oxygen atoms in total. The molecular weight excluding hydrogens is 418 g/mol. The molecule has 1 aliphatic carbocycles. The third-order valence-corrected chi connectivity index (χ3v) is 7.14. The highest BCUT2D eigenvalue weighted by Gasteiger charge is 2.44. The summed E-state index contributed by atoms with van der Waals surface area (Å²) < 4.78 is 6.30. The monoisotopic (exact) mass is 445 g/mol. The summed E-state index contributed by atoms with van der Waals surface area (Å²) in [6.07, 6.45) is 5.55. The molecule has 0 atom stereocenters. The largest absolute Gasteiger partial charge is 0.439 e. The quantitative estimate of drug-likeness (QED) is 0.749. The lowest BCUT2D eigenvalue weighted by Gasteiger charge is -2.42. The summed E-state index contributed by atoms with van der Waals surface area (Å²) in [7, 11) is 0. The first-order valence-electron chi connectivity index (χ1n) is 11.2. The Kier molecular flexibility index (Phi) is 5.30. The minimum Gasteiger partial charge on any atom is -0.439 e. The Bertz CT molecular complexity index is 1020. The van der Waals surface area contributed by atoms with Crippen LogP contribution in [0.1, 0.15) is 56.9 Å². The molecular formula is C22H28ClN5O3. The number of carbonyl (C=O) groups is 2.